The van der Waals surface area contributed by atoms with Gasteiger partial charge in [0.05, 0.1) is 6.61 Å². The summed E-state index contributed by atoms with van der Waals surface area (Å²) in [4.78, 5) is 15.3. The van der Waals surface area contributed by atoms with Crippen molar-refractivity contribution in [1.29, 1.82) is 0 Å². The van der Waals surface area contributed by atoms with Gasteiger partial charge in [0.15, 0.2) is 0 Å². The van der Waals surface area contributed by atoms with Crippen molar-refractivity contribution in [2.45, 2.75) is 32.7 Å². The molecular formula is C9H15NO2. The molecule has 0 saturated carbocycles. The third kappa shape index (κ3) is 2.06. The molecule has 0 aliphatic carbocycles. The van der Waals surface area contributed by atoms with Crippen LogP contribution in [0, 0.1) is 5.92 Å². The van der Waals surface area contributed by atoms with Gasteiger partial charge in [0.25, 0.3) is 0 Å². The summed E-state index contributed by atoms with van der Waals surface area (Å²) in [5.74, 6) is 0.295. The molecule has 3 heteroatoms. The maximum atomic E-state index is 11.2. The van der Waals surface area contributed by atoms with E-state index >= 15 is 0 Å². The van der Waals surface area contributed by atoms with E-state index in [-0.39, 0.29) is 12.0 Å². The van der Waals surface area contributed by atoms with Crippen LogP contribution in [-0.2, 0) is 9.53 Å². The van der Waals surface area contributed by atoms with Crippen molar-refractivity contribution < 1.29 is 9.53 Å². The molecular weight excluding hydrogens is 154 g/mol. The number of carbonyl (C=O) groups is 1. The molecule has 0 aromatic rings. The number of rotatable bonds is 3. The molecule has 1 aliphatic rings. The van der Waals surface area contributed by atoms with Crippen molar-refractivity contribution in [3.05, 3.63) is 0 Å². The average molecular weight is 169 g/mol. The molecule has 68 valence electrons. The van der Waals surface area contributed by atoms with Crippen molar-refractivity contribution in [2.24, 2.45) is 10.9 Å². The van der Waals surface area contributed by atoms with Gasteiger partial charge in [-0.15, -0.1) is 0 Å². The Bertz CT molecular complexity index is 189. The van der Waals surface area contributed by atoms with E-state index < -0.39 is 0 Å². The number of aliphatic imine (C=N–C) groups is 1. The van der Waals surface area contributed by atoms with Crippen molar-refractivity contribution in [3.63, 3.8) is 0 Å². The fourth-order valence-electron chi connectivity index (χ4n) is 1.30. The van der Waals surface area contributed by atoms with Crippen LogP contribution in [0.2, 0.25) is 0 Å². The number of hydrogen-bond donors (Lipinski definition) is 0. The van der Waals surface area contributed by atoms with E-state index in [0.29, 0.717) is 12.5 Å². The minimum Gasteiger partial charge on any atom is -0.464 e. The molecule has 0 aromatic heterocycles. The zero-order valence-corrected chi connectivity index (χ0v) is 7.62. The van der Waals surface area contributed by atoms with Gasteiger partial charge in [0.1, 0.15) is 6.04 Å². The number of carbonyl (C=O) groups excluding carboxylic acids is 1. The molecule has 0 radical (unpaired) electrons. The summed E-state index contributed by atoms with van der Waals surface area (Å²) in [6, 6.07) is -0.227. The second kappa shape index (κ2) is 4.24. The molecule has 0 spiro atoms. The second-order valence-electron chi connectivity index (χ2n) is 2.97. The van der Waals surface area contributed by atoms with E-state index in [1.807, 2.05) is 13.1 Å². The van der Waals surface area contributed by atoms with Gasteiger partial charge < -0.3 is 4.74 Å². The Kier molecular flexibility index (Phi) is 3.26. The standard InChI is InChI=1S/C9H15NO2/c1-3-7-5-8(10-6-7)9(11)12-4-2/h6-8H,3-5H2,1-2H3. The molecule has 1 aliphatic heterocycles. The molecule has 0 amide bonds. The first-order valence-electron chi connectivity index (χ1n) is 4.47. The van der Waals surface area contributed by atoms with Crippen LogP contribution in [0.15, 0.2) is 4.99 Å². The fourth-order valence-corrected chi connectivity index (χ4v) is 1.30. The maximum Gasteiger partial charge on any atom is 0.330 e. The van der Waals surface area contributed by atoms with Gasteiger partial charge in [-0.05, 0) is 25.7 Å². The van der Waals surface area contributed by atoms with Crippen molar-refractivity contribution in [1.82, 2.24) is 0 Å². The zero-order valence-electron chi connectivity index (χ0n) is 7.62. The monoisotopic (exact) mass is 169 g/mol. The first-order valence-corrected chi connectivity index (χ1v) is 4.47. The number of hydrogen-bond acceptors (Lipinski definition) is 3. The number of esters is 1. The molecule has 0 aromatic carbocycles. The van der Waals surface area contributed by atoms with Gasteiger partial charge in [-0.2, -0.15) is 0 Å². The lowest BCUT2D eigenvalue weighted by Crippen LogP contribution is -2.20. The minimum absolute atomic E-state index is 0.176. The van der Waals surface area contributed by atoms with E-state index in [2.05, 4.69) is 11.9 Å². The maximum absolute atomic E-state index is 11.2. The predicted molar refractivity (Wildman–Crippen MR) is 47.3 cm³/mol. The lowest BCUT2D eigenvalue weighted by atomic mass is 10.0. The molecule has 12 heavy (non-hydrogen) atoms. The van der Waals surface area contributed by atoms with Crippen LogP contribution in [0.4, 0.5) is 0 Å². The first-order chi connectivity index (χ1) is 5.77. The van der Waals surface area contributed by atoms with Crippen LogP contribution >= 0.6 is 0 Å². The Hall–Kier alpha value is -0.860. The van der Waals surface area contributed by atoms with E-state index in [9.17, 15) is 4.79 Å². The van der Waals surface area contributed by atoms with E-state index in [0.717, 1.165) is 12.8 Å². The van der Waals surface area contributed by atoms with E-state index in [1.165, 1.54) is 0 Å². The van der Waals surface area contributed by atoms with Crippen LogP contribution in [-0.4, -0.2) is 24.8 Å². The fraction of sp³-hybridized carbons (Fsp3) is 0.778. The predicted octanol–water partition coefficient (Wildman–Crippen LogP) is 1.42. The van der Waals surface area contributed by atoms with Crippen LogP contribution in [0.25, 0.3) is 0 Å². The average Bonchev–Trinajstić information content (AvgIpc) is 2.52. The SMILES string of the molecule is CCOC(=O)C1CC(CC)C=N1. The smallest absolute Gasteiger partial charge is 0.330 e. The van der Waals surface area contributed by atoms with E-state index in [1.54, 1.807) is 0 Å². The largest absolute Gasteiger partial charge is 0.464 e. The first kappa shape index (κ1) is 9.23. The topological polar surface area (TPSA) is 38.7 Å². The van der Waals surface area contributed by atoms with Gasteiger partial charge in [-0.1, -0.05) is 6.92 Å². The highest BCUT2D eigenvalue weighted by atomic mass is 16.5. The molecule has 0 bridgehead atoms. The summed E-state index contributed by atoms with van der Waals surface area (Å²) in [6.07, 6.45) is 3.76. The van der Waals surface area contributed by atoms with Crippen LogP contribution in [0.1, 0.15) is 26.7 Å². The Morgan fingerprint density at radius 1 is 1.67 bits per heavy atom. The molecule has 0 fully saturated rings. The molecule has 0 N–H and O–H groups in total. The summed E-state index contributed by atoms with van der Waals surface area (Å²) in [7, 11) is 0. The van der Waals surface area contributed by atoms with Gasteiger partial charge in [0.2, 0.25) is 0 Å². The second-order valence-corrected chi connectivity index (χ2v) is 2.97. The third-order valence-corrected chi connectivity index (χ3v) is 2.09. The van der Waals surface area contributed by atoms with Crippen LogP contribution in [0.5, 0.6) is 0 Å². The Morgan fingerprint density at radius 3 is 2.92 bits per heavy atom. The van der Waals surface area contributed by atoms with Crippen molar-refractivity contribution in [3.8, 4) is 0 Å². The molecule has 0 saturated heterocycles. The highest BCUT2D eigenvalue weighted by Crippen LogP contribution is 2.18. The molecule has 2 unspecified atom stereocenters. The summed E-state index contributed by atoms with van der Waals surface area (Å²) in [6.45, 7) is 4.36. The van der Waals surface area contributed by atoms with E-state index in [4.69, 9.17) is 4.74 Å². The van der Waals surface area contributed by atoms with Crippen molar-refractivity contribution in [2.75, 3.05) is 6.61 Å². The Morgan fingerprint density at radius 2 is 2.42 bits per heavy atom. The van der Waals surface area contributed by atoms with Crippen LogP contribution < -0.4 is 0 Å². The minimum atomic E-state index is -0.227. The lowest BCUT2D eigenvalue weighted by Gasteiger charge is -2.07. The quantitative estimate of drug-likeness (QED) is 0.599. The molecule has 1 rings (SSSR count). The normalized spacial score (nSPS) is 27.5. The highest BCUT2D eigenvalue weighted by molar-refractivity contribution is 5.81. The van der Waals surface area contributed by atoms with Gasteiger partial charge in [0, 0.05) is 6.21 Å². The van der Waals surface area contributed by atoms with Gasteiger partial charge in [-0.3, -0.25) is 4.99 Å². The summed E-state index contributed by atoms with van der Waals surface area (Å²) >= 11 is 0. The zero-order chi connectivity index (χ0) is 8.97. The lowest BCUT2D eigenvalue weighted by molar-refractivity contribution is -0.144. The summed E-state index contributed by atoms with van der Waals surface area (Å²) in [5.41, 5.74) is 0. The third-order valence-electron chi connectivity index (χ3n) is 2.09. The number of ether oxygens (including phenoxy) is 1. The molecule has 3 nitrogen and oxygen atoms in total. The summed E-state index contributed by atoms with van der Waals surface area (Å²) in [5, 5.41) is 0. The summed E-state index contributed by atoms with van der Waals surface area (Å²) < 4.78 is 4.87. The van der Waals surface area contributed by atoms with Crippen LogP contribution in [0.3, 0.4) is 0 Å². The Labute approximate surface area is 72.8 Å². The number of nitrogens with zero attached hydrogens (tertiary/aromatic N) is 1. The molecule has 2 atom stereocenters. The van der Waals surface area contributed by atoms with Gasteiger partial charge >= 0.3 is 5.97 Å². The van der Waals surface area contributed by atoms with Crippen molar-refractivity contribution >= 4 is 12.2 Å². The Balaban J connectivity index is 2.37. The van der Waals surface area contributed by atoms with Gasteiger partial charge in [-0.25, -0.2) is 4.79 Å². The molecule has 1 heterocycles. The highest BCUT2D eigenvalue weighted by Gasteiger charge is 2.25.